The van der Waals surface area contributed by atoms with Crippen LogP contribution in [0.25, 0.3) is 10.6 Å². The van der Waals surface area contributed by atoms with Gasteiger partial charge in [0.1, 0.15) is 5.01 Å². The number of nitrogens with zero attached hydrogens (tertiary/aromatic N) is 1. The molecule has 0 saturated heterocycles. The quantitative estimate of drug-likeness (QED) is 0.888. The van der Waals surface area contributed by atoms with Crippen LogP contribution < -0.4 is 10.6 Å². The first-order valence-electron chi connectivity index (χ1n) is 6.72. The summed E-state index contributed by atoms with van der Waals surface area (Å²) in [5, 5.41) is 8.22. The SMILES string of the molecule is COC(=O)NCCc1csc(-c2ccc(NC(C)=O)cc2)n1. The number of methoxy groups -OCH3 is 1. The van der Waals surface area contributed by atoms with E-state index in [1.165, 1.54) is 14.0 Å². The molecule has 6 nitrogen and oxygen atoms in total. The minimum absolute atomic E-state index is 0.0950. The van der Waals surface area contributed by atoms with Gasteiger partial charge < -0.3 is 15.4 Å². The predicted molar refractivity (Wildman–Crippen MR) is 86.0 cm³/mol. The summed E-state index contributed by atoms with van der Waals surface area (Å²) in [5.41, 5.74) is 2.67. The van der Waals surface area contributed by atoms with Crippen LogP contribution in [0, 0.1) is 0 Å². The highest BCUT2D eigenvalue weighted by Crippen LogP contribution is 2.25. The zero-order chi connectivity index (χ0) is 15.9. The first-order chi connectivity index (χ1) is 10.6. The van der Waals surface area contributed by atoms with Crippen LogP contribution in [0.4, 0.5) is 10.5 Å². The number of aromatic nitrogens is 1. The molecule has 1 heterocycles. The molecular formula is C15H17N3O3S. The van der Waals surface area contributed by atoms with Crippen molar-refractivity contribution >= 4 is 29.0 Å². The Morgan fingerprint density at radius 3 is 2.64 bits per heavy atom. The number of carbonyl (C=O) groups excluding carboxylic acids is 2. The number of nitrogens with one attached hydrogen (secondary N) is 2. The number of amides is 2. The summed E-state index contributed by atoms with van der Waals surface area (Å²) in [7, 11) is 1.33. The molecule has 0 aliphatic rings. The summed E-state index contributed by atoms with van der Waals surface area (Å²) in [6, 6.07) is 7.52. The summed E-state index contributed by atoms with van der Waals surface area (Å²) >= 11 is 1.54. The van der Waals surface area contributed by atoms with Crippen molar-refractivity contribution in [2.75, 3.05) is 19.0 Å². The van der Waals surface area contributed by atoms with Gasteiger partial charge in [-0.1, -0.05) is 0 Å². The summed E-state index contributed by atoms with van der Waals surface area (Å²) in [6.45, 7) is 1.96. The Kier molecular flexibility index (Phi) is 5.48. The second-order valence-electron chi connectivity index (χ2n) is 4.57. The van der Waals surface area contributed by atoms with Crippen molar-refractivity contribution in [3.05, 3.63) is 35.3 Å². The maximum Gasteiger partial charge on any atom is 0.406 e. The molecule has 0 radical (unpaired) electrons. The summed E-state index contributed by atoms with van der Waals surface area (Å²) in [4.78, 5) is 26.5. The average molecular weight is 319 g/mol. The Balaban J connectivity index is 1.95. The number of benzene rings is 1. The lowest BCUT2D eigenvalue weighted by atomic mass is 10.2. The number of thiazole rings is 1. The van der Waals surface area contributed by atoms with E-state index in [2.05, 4.69) is 20.4 Å². The van der Waals surface area contributed by atoms with E-state index < -0.39 is 6.09 Å². The second-order valence-corrected chi connectivity index (χ2v) is 5.43. The zero-order valence-electron chi connectivity index (χ0n) is 12.4. The number of alkyl carbamates (subject to hydrolysis) is 1. The standard InChI is InChI=1S/C15H17N3O3S/c1-10(19)17-12-5-3-11(4-6-12)14-18-13(9-22-14)7-8-16-15(20)21-2/h3-6,9H,7-8H2,1-2H3,(H,16,20)(H,17,19). The van der Waals surface area contributed by atoms with E-state index in [4.69, 9.17) is 0 Å². The molecule has 0 aliphatic carbocycles. The fourth-order valence-electron chi connectivity index (χ4n) is 1.82. The molecule has 0 spiro atoms. The zero-order valence-corrected chi connectivity index (χ0v) is 13.2. The van der Waals surface area contributed by atoms with Crippen molar-refractivity contribution in [1.82, 2.24) is 10.3 Å². The molecule has 2 rings (SSSR count). The third-order valence-electron chi connectivity index (χ3n) is 2.84. The fraction of sp³-hybridized carbons (Fsp3) is 0.267. The Bertz CT molecular complexity index is 652. The molecule has 2 N–H and O–H groups in total. The number of hydrogen-bond donors (Lipinski definition) is 2. The van der Waals surface area contributed by atoms with Gasteiger partial charge in [-0.2, -0.15) is 0 Å². The lowest BCUT2D eigenvalue weighted by molar-refractivity contribution is -0.114. The largest absolute Gasteiger partial charge is 0.453 e. The number of carbonyl (C=O) groups is 2. The van der Waals surface area contributed by atoms with Crippen LogP contribution in [0.5, 0.6) is 0 Å². The molecule has 2 amide bonds. The van der Waals surface area contributed by atoms with E-state index in [1.807, 2.05) is 29.6 Å². The molecule has 116 valence electrons. The van der Waals surface area contributed by atoms with Gasteiger partial charge >= 0.3 is 6.09 Å². The van der Waals surface area contributed by atoms with Crippen LogP contribution in [-0.2, 0) is 16.0 Å². The summed E-state index contributed by atoms with van der Waals surface area (Å²) in [5.74, 6) is -0.0950. The van der Waals surface area contributed by atoms with Gasteiger partial charge in [0.2, 0.25) is 5.91 Å². The van der Waals surface area contributed by atoms with Crippen LogP contribution in [-0.4, -0.2) is 30.6 Å². The topological polar surface area (TPSA) is 80.3 Å². The van der Waals surface area contributed by atoms with Crippen LogP contribution in [0.2, 0.25) is 0 Å². The van der Waals surface area contributed by atoms with Gasteiger partial charge in [0, 0.05) is 36.5 Å². The molecule has 7 heteroatoms. The van der Waals surface area contributed by atoms with Gasteiger partial charge in [-0.25, -0.2) is 9.78 Å². The molecule has 0 fully saturated rings. The van der Waals surface area contributed by atoms with Crippen molar-refractivity contribution in [3.8, 4) is 10.6 Å². The van der Waals surface area contributed by atoms with Crippen molar-refractivity contribution in [2.45, 2.75) is 13.3 Å². The highest BCUT2D eigenvalue weighted by molar-refractivity contribution is 7.13. The maximum atomic E-state index is 11.0. The highest BCUT2D eigenvalue weighted by atomic mass is 32.1. The minimum atomic E-state index is -0.441. The van der Waals surface area contributed by atoms with Gasteiger partial charge in [-0.05, 0) is 24.3 Å². The van der Waals surface area contributed by atoms with Gasteiger partial charge in [0.05, 0.1) is 12.8 Å². The summed E-state index contributed by atoms with van der Waals surface area (Å²) in [6.07, 6.45) is 0.208. The Hall–Kier alpha value is -2.41. The van der Waals surface area contributed by atoms with Crippen LogP contribution in [0.15, 0.2) is 29.6 Å². The highest BCUT2D eigenvalue weighted by Gasteiger charge is 2.06. The van der Waals surface area contributed by atoms with E-state index in [0.717, 1.165) is 22.0 Å². The number of ether oxygens (including phenoxy) is 1. The van der Waals surface area contributed by atoms with E-state index in [-0.39, 0.29) is 5.91 Å². The van der Waals surface area contributed by atoms with E-state index in [1.54, 1.807) is 11.3 Å². The van der Waals surface area contributed by atoms with E-state index in [0.29, 0.717) is 13.0 Å². The molecule has 0 saturated carbocycles. The van der Waals surface area contributed by atoms with Crippen LogP contribution in [0.3, 0.4) is 0 Å². The molecule has 0 bridgehead atoms. The summed E-state index contributed by atoms with van der Waals surface area (Å²) < 4.78 is 4.50. The normalized spacial score (nSPS) is 10.1. The molecular weight excluding hydrogens is 302 g/mol. The van der Waals surface area contributed by atoms with Crippen LogP contribution >= 0.6 is 11.3 Å². The lowest BCUT2D eigenvalue weighted by Crippen LogP contribution is -2.25. The number of rotatable bonds is 5. The third-order valence-corrected chi connectivity index (χ3v) is 3.78. The molecule has 0 aliphatic heterocycles. The predicted octanol–water partition coefficient (Wildman–Crippen LogP) is 2.67. The van der Waals surface area contributed by atoms with Crippen molar-refractivity contribution in [2.24, 2.45) is 0 Å². The minimum Gasteiger partial charge on any atom is -0.453 e. The van der Waals surface area contributed by atoms with Gasteiger partial charge in [0.25, 0.3) is 0 Å². The molecule has 0 unspecified atom stereocenters. The maximum absolute atomic E-state index is 11.0. The van der Waals surface area contributed by atoms with Crippen LogP contribution in [0.1, 0.15) is 12.6 Å². The van der Waals surface area contributed by atoms with E-state index in [9.17, 15) is 9.59 Å². The van der Waals surface area contributed by atoms with Crippen molar-refractivity contribution in [1.29, 1.82) is 0 Å². The molecule has 1 aromatic heterocycles. The molecule has 22 heavy (non-hydrogen) atoms. The lowest BCUT2D eigenvalue weighted by Gasteiger charge is -2.03. The van der Waals surface area contributed by atoms with Crippen molar-refractivity contribution in [3.63, 3.8) is 0 Å². The molecule has 1 aromatic carbocycles. The third kappa shape index (κ3) is 4.56. The first kappa shape index (κ1) is 16.0. The smallest absolute Gasteiger partial charge is 0.406 e. The van der Waals surface area contributed by atoms with Gasteiger partial charge in [-0.3, -0.25) is 4.79 Å². The Morgan fingerprint density at radius 2 is 2.00 bits per heavy atom. The first-order valence-corrected chi connectivity index (χ1v) is 7.60. The van der Waals surface area contributed by atoms with Crippen molar-refractivity contribution < 1.29 is 14.3 Å². The average Bonchev–Trinajstić information content (AvgIpc) is 2.96. The monoisotopic (exact) mass is 319 g/mol. The van der Waals surface area contributed by atoms with Gasteiger partial charge in [-0.15, -0.1) is 11.3 Å². The number of hydrogen-bond acceptors (Lipinski definition) is 5. The molecule has 2 aromatic rings. The van der Waals surface area contributed by atoms with E-state index >= 15 is 0 Å². The fourth-order valence-corrected chi connectivity index (χ4v) is 2.68. The second kappa shape index (κ2) is 7.56. The Labute approximate surface area is 132 Å². The molecule has 0 atom stereocenters. The Morgan fingerprint density at radius 1 is 1.27 bits per heavy atom. The number of anilines is 1. The van der Waals surface area contributed by atoms with Gasteiger partial charge in [0.15, 0.2) is 0 Å².